The molecular weight excluding hydrogens is 410 g/mol. The summed E-state index contributed by atoms with van der Waals surface area (Å²) < 4.78 is 10.1. The second-order valence-electron chi connectivity index (χ2n) is 8.36. The fourth-order valence-corrected chi connectivity index (χ4v) is 2.93. The number of amides is 3. The highest BCUT2D eigenvalue weighted by Gasteiger charge is 2.26. The van der Waals surface area contributed by atoms with Gasteiger partial charge in [0.25, 0.3) is 5.91 Å². The van der Waals surface area contributed by atoms with E-state index in [1.807, 2.05) is 30.3 Å². The SMILES string of the molecule is COc1ccc(N(C)C(=O)[C@H](Cc2ccccc2)NC(=O)COC(=O)NC(C)(C)C)cc1. The quantitative estimate of drug-likeness (QED) is 0.657. The van der Waals surface area contributed by atoms with E-state index < -0.39 is 30.2 Å². The lowest BCUT2D eigenvalue weighted by atomic mass is 10.0. The third kappa shape index (κ3) is 7.94. The summed E-state index contributed by atoms with van der Waals surface area (Å²) in [6.07, 6.45) is -0.408. The van der Waals surface area contributed by atoms with Gasteiger partial charge in [-0.15, -0.1) is 0 Å². The molecule has 0 unspecified atom stereocenters. The van der Waals surface area contributed by atoms with Crippen molar-refractivity contribution >= 4 is 23.6 Å². The van der Waals surface area contributed by atoms with Crippen molar-refractivity contribution < 1.29 is 23.9 Å². The summed E-state index contributed by atoms with van der Waals surface area (Å²) in [4.78, 5) is 39.0. The van der Waals surface area contributed by atoms with Crippen LogP contribution in [-0.4, -0.2) is 50.3 Å². The number of hydrogen-bond acceptors (Lipinski definition) is 5. The highest BCUT2D eigenvalue weighted by Crippen LogP contribution is 2.19. The summed E-state index contributed by atoms with van der Waals surface area (Å²) in [7, 11) is 3.21. The number of rotatable bonds is 8. The van der Waals surface area contributed by atoms with Crippen LogP contribution in [0, 0.1) is 0 Å². The summed E-state index contributed by atoms with van der Waals surface area (Å²) in [5.41, 5.74) is 1.06. The molecule has 0 aliphatic rings. The van der Waals surface area contributed by atoms with Crippen molar-refractivity contribution in [2.75, 3.05) is 25.7 Å². The summed E-state index contributed by atoms with van der Waals surface area (Å²) in [5, 5.41) is 5.31. The molecule has 0 saturated heterocycles. The van der Waals surface area contributed by atoms with E-state index in [0.717, 1.165) is 5.56 Å². The lowest BCUT2D eigenvalue weighted by Crippen LogP contribution is -2.50. The molecule has 0 radical (unpaired) electrons. The van der Waals surface area contributed by atoms with Crippen LogP contribution in [0.25, 0.3) is 0 Å². The lowest BCUT2D eigenvalue weighted by molar-refractivity contribution is -0.129. The molecule has 0 fully saturated rings. The first-order valence-electron chi connectivity index (χ1n) is 10.3. The predicted octanol–water partition coefficient (Wildman–Crippen LogP) is 2.91. The number of nitrogens with one attached hydrogen (secondary N) is 2. The fraction of sp³-hybridized carbons (Fsp3) is 0.375. The van der Waals surface area contributed by atoms with Crippen LogP contribution in [0.2, 0.25) is 0 Å². The largest absolute Gasteiger partial charge is 0.497 e. The van der Waals surface area contributed by atoms with Gasteiger partial charge in [-0.25, -0.2) is 4.79 Å². The van der Waals surface area contributed by atoms with Gasteiger partial charge in [-0.2, -0.15) is 0 Å². The maximum Gasteiger partial charge on any atom is 0.408 e. The molecule has 2 aromatic carbocycles. The van der Waals surface area contributed by atoms with Gasteiger partial charge >= 0.3 is 6.09 Å². The van der Waals surface area contributed by atoms with Gasteiger partial charge in [-0.3, -0.25) is 9.59 Å². The van der Waals surface area contributed by atoms with Crippen molar-refractivity contribution in [1.29, 1.82) is 0 Å². The Balaban J connectivity index is 2.09. The second-order valence-corrected chi connectivity index (χ2v) is 8.36. The molecular formula is C24H31N3O5. The van der Waals surface area contributed by atoms with E-state index in [1.165, 1.54) is 4.90 Å². The van der Waals surface area contributed by atoms with Gasteiger partial charge < -0.3 is 25.0 Å². The molecule has 172 valence electrons. The third-order valence-electron chi connectivity index (χ3n) is 4.52. The molecule has 2 aromatic rings. The Hall–Kier alpha value is -3.55. The van der Waals surface area contributed by atoms with Crippen LogP contribution in [0.1, 0.15) is 26.3 Å². The van der Waals surface area contributed by atoms with Crippen LogP contribution >= 0.6 is 0 Å². The Bertz CT molecular complexity index is 907. The van der Waals surface area contributed by atoms with E-state index in [1.54, 1.807) is 59.2 Å². The van der Waals surface area contributed by atoms with Crippen LogP contribution < -0.4 is 20.3 Å². The molecule has 0 saturated carbocycles. The Morgan fingerprint density at radius 2 is 1.62 bits per heavy atom. The first-order valence-corrected chi connectivity index (χ1v) is 10.3. The van der Waals surface area contributed by atoms with Crippen molar-refractivity contribution in [3.8, 4) is 5.75 Å². The molecule has 0 aliphatic carbocycles. The van der Waals surface area contributed by atoms with E-state index >= 15 is 0 Å². The van der Waals surface area contributed by atoms with Crippen LogP contribution in [0.3, 0.4) is 0 Å². The lowest BCUT2D eigenvalue weighted by Gasteiger charge is -2.25. The van der Waals surface area contributed by atoms with E-state index in [4.69, 9.17) is 9.47 Å². The minimum absolute atomic E-state index is 0.292. The number of benzene rings is 2. The van der Waals surface area contributed by atoms with Crippen LogP contribution in [0.15, 0.2) is 54.6 Å². The van der Waals surface area contributed by atoms with Gasteiger partial charge in [0, 0.05) is 24.7 Å². The molecule has 0 heterocycles. The molecule has 8 nitrogen and oxygen atoms in total. The van der Waals surface area contributed by atoms with Gasteiger partial charge in [0.15, 0.2) is 6.61 Å². The maximum atomic E-state index is 13.2. The van der Waals surface area contributed by atoms with Crippen molar-refractivity contribution in [3.05, 3.63) is 60.2 Å². The van der Waals surface area contributed by atoms with E-state index in [-0.39, 0.29) is 5.91 Å². The van der Waals surface area contributed by atoms with Gasteiger partial charge in [0.1, 0.15) is 11.8 Å². The number of carbonyl (C=O) groups is 3. The number of carbonyl (C=O) groups excluding carboxylic acids is 3. The van der Waals surface area contributed by atoms with Crippen LogP contribution in [0.4, 0.5) is 10.5 Å². The molecule has 2 rings (SSSR count). The summed E-state index contributed by atoms with van der Waals surface area (Å²) >= 11 is 0. The van der Waals surface area contributed by atoms with E-state index in [9.17, 15) is 14.4 Å². The Kier molecular flexibility index (Phi) is 8.63. The zero-order chi connectivity index (χ0) is 23.7. The standard InChI is InChI=1S/C24H31N3O5/c1-24(2,3)26-23(30)32-16-21(28)25-20(15-17-9-7-6-8-10-17)22(29)27(4)18-11-13-19(31-5)14-12-18/h6-14,20H,15-16H2,1-5H3,(H,25,28)(H,26,30)/t20-/m0/s1. The maximum absolute atomic E-state index is 13.2. The fourth-order valence-electron chi connectivity index (χ4n) is 2.93. The summed E-state index contributed by atoms with van der Waals surface area (Å²) in [5.74, 6) is -0.188. The molecule has 2 N–H and O–H groups in total. The first-order chi connectivity index (χ1) is 15.1. The molecule has 0 spiro atoms. The molecule has 0 aliphatic heterocycles. The van der Waals surface area contributed by atoms with Gasteiger partial charge in [0.2, 0.25) is 5.91 Å². The van der Waals surface area contributed by atoms with Gasteiger partial charge in [0.05, 0.1) is 7.11 Å². The number of alkyl carbamates (subject to hydrolysis) is 1. The highest BCUT2D eigenvalue weighted by molar-refractivity contribution is 5.99. The minimum Gasteiger partial charge on any atom is -0.497 e. The molecule has 3 amide bonds. The highest BCUT2D eigenvalue weighted by atomic mass is 16.6. The smallest absolute Gasteiger partial charge is 0.408 e. The van der Waals surface area contributed by atoms with Crippen LogP contribution in [-0.2, 0) is 20.7 Å². The number of hydrogen-bond donors (Lipinski definition) is 2. The molecule has 32 heavy (non-hydrogen) atoms. The Morgan fingerprint density at radius 1 is 1.00 bits per heavy atom. The normalized spacial score (nSPS) is 11.8. The molecule has 8 heteroatoms. The Labute approximate surface area is 188 Å². The predicted molar refractivity (Wildman–Crippen MR) is 123 cm³/mol. The number of nitrogens with zero attached hydrogens (tertiary/aromatic N) is 1. The van der Waals surface area contributed by atoms with Crippen LogP contribution in [0.5, 0.6) is 5.75 Å². The molecule has 0 bridgehead atoms. The summed E-state index contributed by atoms with van der Waals surface area (Å²) in [6, 6.07) is 15.6. The van der Waals surface area contributed by atoms with Crippen molar-refractivity contribution in [3.63, 3.8) is 0 Å². The second kappa shape index (κ2) is 11.2. The van der Waals surface area contributed by atoms with Crippen molar-refractivity contribution in [1.82, 2.24) is 10.6 Å². The minimum atomic E-state index is -0.841. The number of methoxy groups -OCH3 is 1. The average molecular weight is 442 g/mol. The zero-order valence-corrected chi connectivity index (χ0v) is 19.2. The van der Waals surface area contributed by atoms with Crippen molar-refractivity contribution in [2.24, 2.45) is 0 Å². The molecule has 0 aromatic heterocycles. The average Bonchev–Trinajstić information content (AvgIpc) is 2.76. The number of anilines is 1. The van der Waals surface area contributed by atoms with E-state index in [0.29, 0.717) is 17.9 Å². The zero-order valence-electron chi connectivity index (χ0n) is 19.2. The first kappa shape index (κ1) is 24.7. The van der Waals surface area contributed by atoms with Gasteiger partial charge in [-0.1, -0.05) is 30.3 Å². The summed E-state index contributed by atoms with van der Waals surface area (Å²) in [6.45, 7) is 4.92. The third-order valence-corrected chi connectivity index (χ3v) is 4.52. The monoisotopic (exact) mass is 441 g/mol. The Morgan fingerprint density at radius 3 is 2.19 bits per heavy atom. The number of ether oxygens (including phenoxy) is 2. The van der Waals surface area contributed by atoms with Crippen molar-refractivity contribution in [2.45, 2.75) is 38.8 Å². The van der Waals surface area contributed by atoms with Gasteiger partial charge in [-0.05, 0) is 50.6 Å². The molecule has 1 atom stereocenters. The van der Waals surface area contributed by atoms with E-state index in [2.05, 4.69) is 10.6 Å². The number of likely N-dealkylation sites (N-methyl/N-ethyl adjacent to an activating group) is 1. The topological polar surface area (TPSA) is 97.0 Å².